The lowest BCUT2D eigenvalue weighted by molar-refractivity contribution is -0.123. The van der Waals surface area contributed by atoms with Crippen molar-refractivity contribution in [1.82, 2.24) is 15.5 Å². The number of thiophene rings is 1. The summed E-state index contributed by atoms with van der Waals surface area (Å²) in [5, 5.41) is 9.17. The summed E-state index contributed by atoms with van der Waals surface area (Å²) < 4.78 is 18.6. The number of benzene rings is 1. The van der Waals surface area contributed by atoms with Crippen LogP contribution in [0.5, 0.6) is 0 Å². The first-order chi connectivity index (χ1) is 13.6. The van der Waals surface area contributed by atoms with Crippen molar-refractivity contribution in [2.24, 2.45) is 0 Å². The quantitative estimate of drug-likeness (QED) is 0.617. The fraction of sp³-hybridized carbons (Fsp3) is 0.381. The van der Waals surface area contributed by atoms with Crippen molar-refractivity contribution in [1.29, 1.82) is 0 Å². The first-order valence-corrected chi connectivity index (χ1v) is 10.5. The molecule has 2 heterocycles. The minimum atomic E-state index is -0.373. The Morgan fingerprint density at radius 1 is 1.21 bits per heavy atom. The normalized spacial score (nSPS) is 15.6. The van der Waals surface area contributed by atoms with Crippen molar-refractivity contribution in [3.05, 3.63) is 59.0 Å². The maximum absolute atomic E-state index is 13.3. The molecule has 0 aliphatic heterocycles. The van der Waals surface area contributed by atoms with Crippen molar-refractivity contribution in [3.63, 3.8) is 0 Å². The second kappa shape index (κ2) is 8.22. The van der Waals surface area contributed by atoms with Gasteiger partial charge in [0.25, 0.3) is 0 Å². The monoisotopic (exact) mass is 399 g/mol. The minimum Gasteiger partial charge on any atom is -0.347 e. The summed E-state index contributed by atoms with van der Waals surface area (Å²) in [6.07, 6.45) is 5.49. The van der Waals surface area contributed by atoms with Gasteiger partial charge in [0, 0.05) is 12.8 Å². The molecule has 0 unspecified atom stereocenters. The molecule has 1 aliphatic carbocycles. The summed E-state index contributed by atoms with van der Waals surface area (Å²) in [6, 6.07) is 10.4. The van der Waals surface area contributed by atoms with E-state index in [2.05, 4.69) is 15.5 Å². The Bertz CT molecular complexity index is 916. The van der Waals surface area contributed by atoms with E-state index in [1.807, 2.05) is 17.5 Å². The van der Waals surface area contributed by atoms with Crippen molar-refractivity contribution < 1.29 is 13.7 Å². The molecule has 1 N–H and O–H groups in total. The molecule has 2 aromatic heterocycles. The fourth-order valence-electron chi connectivity index (χ4n) is 3.83. The van der Waals surface area contributed by atoms with Crippen LogP contribution in [0.15, 0.2) is 46.3 Å². The predicted octanol–water partition coefficient (Wildman–Crippen LogP) is 4.85. The largest absolute Gasteiger partial charge is 0.347 e. The van der Waals surface area contributed by atoms with Gasteiger partial charge in [0.1, 0.15) is 5.82 Å². The van der Waals surface area contributed by atoms with Gasteiger partial charge in [-0.1, -0.05) is 36.2 Å². The van der Waals surface area contributed by atoms with Crippen molar-refractivity contribution in [2.45, 2.75) is 50.5 Å². The van der Waals surface area contributed by atoms with Crippen LogP contribution in [0.2, 0.25) is 0 Å². The zero-order valence-corrected chi connectivity index (χ0v) is 16.3. The maximum atomic E-state index is 13.3. The highest BCUT2D eigenvalue weighted by Crippen LogP contribution is 2.39. The number of rotatable bonds is 7. The molecule has 146 valence electrons. The molecular formula is C21H22FN3O2S. The molecule has 1 aliphatic rings. The second-order valence-electron chi connectivity index (χ2n) is 7.19. The molecule has 0 bridgehead atoms. The first-order valence-electron chi connectivity index (χ1n) is 9.58. The van der Waals surface area contributed by atoms with Crippen molar-refractivity contribution in [2.75, 3.05) is 0 Å². The molecule has 0 spiro atoms. The molecule has 1 amide bonds. The zero-order chi connectivity index (χ0) is 19.4. The summed E-state index contributed by atoms with van der Waals surface area (Å²) in [5.74, 6) is 0.884. The van der Waals surface area contributed by atoms with E-state index in [4.69, 9.17) is 4.52 Å². The van der Waals surface area contributed by atoms with E-state index in [1.54, 1.807) is 23.5 Å². The van der Waals surface area contributed by atoms with E-state index in [-0.39, 0.29) is 17.3 Å². The van der Waals surface area contributed by atoms with Crippen LogP contribution in [0, 0.1) is 5.82 Å². The van der Waals surface area contributed by atoms with Crippen molar-refractivity contribution >= 4 is 17.2 Å². The molecule has 7 heteroatoms. The van der Waals surface area contributed by atoms with Crippen LogP contribution in [-0.4, -0.2) is 16.0 Å². The molecule has 0 atom stereocenters. The molecule has 5 nitrogen and oxygen atoms in total. The third-order valence-corrected chi connectivity index (χ3v) is 6.10. The molecule has 3 aromatic rings. The highest BCUT2D eigenvalue weighted by molar-refractivity contribution is 7.13. The molecule has 28 heavy (non-hydrogen) atoms. The molecule has 4 rings (SSSR count). The highest BCUT2D eigenvalue weighted by Gasteiger charge is 2.36. The molecule has 1 fully saturated rings. The number of nitrogens with one attached hydrogen (secondary N) is 1. The number of aromatic nitrogens is 2. The predicted molar refractivity (Wildman–Crippen MR) is 105 cm³/mol. The standard InChI is InChI=1S/C21H22FN3O2S/c22-16-10-8-15(9-11-16)21(12-1-2-13-21)24-18(26)6-3-7-19-23-20(25-27-19)17-5-4-14-28-17/h4-5,8-11,14H,1-3,6-7,12-13H2,(H,24,26). The van der Waals surface area contributed by atoms with Gasteiger partial charge in [0.05, 0.1) is 10.4 Å². The first kappa shape index (κ1) is 18.8. The Labute approximate surface area is 167 Å². The van der Waals surface area contributed by atoms with E-state index in [0.717, 1.165) is 36.1 Å². The lowest BCUT2D eigenvalue weighted by Gasteiger charge is -2.31. The number of hydrogen-bond acceptors (Lipinski definition) is 5. The number of carbonyl (C=O) groups excluding carboxylic acids is 1. The fourth-order valence-corrected chi connectivity index (χ4v) is 4.47. The third kappa shape index (κ3) is 4.14. The Kier molecular flexibility index (Phi) is 5.52. The van der Waals surface area contributed by atoms with Gasteiger partial charge >= 0.3 is 0 Å². The Balaban J connectivity index is 1.33. The summed E-state index contributed by atoms with van der Waals surface area (Å²) in [7, 11) is 0. The van der Waals surface area contributed by atoms with Gasteiger partial charge in [-0.25, -0.2) is 4.39 Å². The van der Waals surface area contributed by atoms with Crippen molar-refractivity contribution in [3.8, 4) is 10.7 Å². The number of amides is 1. The second-order valence-corrected chi connectivity index (χ2v) is 8.13. The smallest absolute Gasteiger partial charge is 0.226 e. The van der Waals surface area contributed by atoms with Gasteiger partial charge in [-0.05, 0) is 48.4 Å². The molecule has 0 radical (unpaired) electrons. The SMILES string of the molecule is O=C(CCCc1nc(-c2cccs2)no1)NC1(c2ccc(F)cc2)CCCC1. The lowest BCUT2D eigenvalue weighted by atomic mass is 9.88. The lowest BCUT2D eigenvalue weighted by Crippen LogP contribution is -2.43. The van der Waals surface area contributed by atoms with Crippen LogP contribution in [-0.2, 0) is 16.8 Å². The minimum absolute atomic E-state index is 0.00391. The molecule has 0 saturated heterocycles. The van der Waals surface area contributed by atoms with E-state index in [0.29, 0.717) is 31.0 Å². The molecular weight excluding hydrogens is 377 g/mol. The van der Waals surface area contributed by atoms with Crippen LogP contribution >= 0.6 is 11.3 Å². The summed E-state index contributed by atoms with van der Waals surface area (Å²) in [5.41, 5.74) is 0.610. The Morgan fingerprint density at radius 2 is 2.00 bits per heavy atom. The Morgan fingerprint density at radius 3 is 2.71 bits per heavy atom. The van der Waals surface area contributed by atoms with Crippen LogP contribution in [0.3, 0.4) is 0 Å². The average molecular weight is 399 g/mol. The van der Waals surface area contributed by atoms with Gasteiger partial charge < -0.3 is 9.84 Å². The number of hydrogen-bond donors (Lipinski definition) is 1. The van der Waals surface area contributed by atoms with Gasteiger partial charge in [0.15, 0.2) is 0 Å². The van der Waals surface area contributed by atoms with Crippen LogP contribution < -0.4 is 5.32 Å². The summed E-state index contributed by atoms with van der Waals surface area (Å²) in [6.45, 7) is 0. The van der Waals surface area contributed by atoms with E-state index in [1.165, 1.54) is 12.1 Å². The van der Waals surface area contributed by atoms with Gasteiger partial charge in [-0.3, -0.25) is 4.79 Å². The van der Waals surface area contributed by atoms with E-state index < -0.39 is 0 Å². The summed E-state index contributed by atoms with van der Waals surface area (Å²) >= 11 is 1.56. The number of aryl methyl sites for hydroxylation is 1. The topological polar surface area (TPSA) is 68.0 Å². The van der Waals surface area contributed by atoms with Crippen LogP contribution in [0.4, 0.5) is 4.39 Å². The zero-order valence-electron chi connectivity index (χ0n) is 15.5. The van der Waals surface area contributed by atoms with Gasteiger partial charge in [0.2, 0.25) is 17.6 Å². The van der Waals surface area contributed by atoms with E-state index in [9.17, 15) is 9.18 Å². The maximum Gasteiger partial charge on any atom is 0.226 e. The van der Waals surface area contributed by atoms with Crippen LogP contribution in [0.25, 0.3) is 10.7 Å². The third-order valence-electron chi connectivity index (χ3n) is 5.24. The van der Waals surface area contributed by atoms with Gasteiger partial charge in [-0.15, -0.1) is 11.3 Å². The summed E-state index contributed by atoms with van der Waals surface area (Å²) in [4.78, 5) is 17.9. The van der Waals surface area contributed by atoms with Crippen LogP contribution in [0.1, 0.15) is 50.0 Å². The number of halogens is 1. The Hall–Kier alpha value is -2.54. The van der Waals surface area contributed by atoms with Gasteiger partial charge in [-0.2, -0.15) is 4.98 Å². The number of nitrogens with zero attached hydrogens (tertiary/aromatic N) is 2. The highest BCUT2D eigenvalue weighted by atomic mass is 32.1. The van der Waals surface area contributed by atoms with E-state index >= 15 is 0 Å². The number of carbonyl (C=O) groups is 1. The molecule has 1 saturated carbocycles. The molecule has 1 aromatic carbocycles. The average Bonchev–Trinajstić information content (AvgIpc) is 3.44.